The van der Waals surface area contributed by atoms with Crippen molar-refractivity contribution in [2.45, 2.75) is 6.04 Å². The van der Waals surface area contributed by atoms with Crippen LogP contribution in [0.1, 0.15) is 0 Å². The van der Waals surface area contributed by atoms with Crippen molar-refractivity contribution in [1.82, 2.24) is 9.80 Å². The number of amides is 2. The lowest BCUT2D eigenvalue weighted by Gasteiger charge is -2.25. The smallest absolute Gasteiger partial charge is 0.327 e. The average Bonchev–Trinajstić information content (AvgIpc) is 2.65. The van der Waals surface area contributed by atoms with Crippen LogP contribution in [0.3, 0.4) is 0 Å². The number of urea groups is 1. The van der Waals surface area contributed by atoms with Crippen LogP contribution in [-0.2, 0) is 4.79 Å². The molecule has 1 rings (SSSR count). The van der Waals surface area contributed by atoms with E-state index in [1.165, 1.54) is 21.6 Å². The van der Waals surface area contributed by atoms with Gasteiger partial charge < -0.3 is 14.9 Å². The van der Waals surface area contributed by atoms with Crippen molar-refractivity contribution < 1.29 is 14.7 Å². The number of terminal acetylenes is 1. The van der Waals surface area contributed by atoms with E-state index in [9.17, 15) is 9.59 Å². The van der Waals surface area contributed by atoms with E-state index in [0.29, 0.717) is 11.6 Å². The predicted octanol–water partition coefficient (Wildman–Crippen LogP) is 0.131. The highest BCUT2D eigenvalue weighted by atomic mass is 32.2. The average molecular weight is 228 g/mol. The summed E-state index contributed by atoms with van der Waals surface area (Å²) < 4.78 is 0. The van der Waals surface area contributed by atoms with Crippen molar-refractivity contribution >= 4 is 23.8 Å². The Labute approximate surface area is 92.4 Å². The van der Waals surface area contributed by atoms with Crippen LogP contribution < -0.4 is 0 Å². The number of hydrogen-bond donors (Lipinski definition) is 1. The molecule has 1 saturated heterocycles. The minimum absolute atomic E-state index is 0.187. The third-order valence-electron chi connectivity index (χ3n) is 2.07. The Kier molecular flexibility index (Phi) is 3.86. The van der Waals surface area contributed by atoms with Gasteiger partial charge in [0.15, 0.2) is 0 Å². The Morgan fingerprint density at radius 3 is 2.93 bits per heavy atom. The van der Waals surface area contributed by atoms with Gasteiger partial charge in [0.25, 0.3) is 0 Å². The molecule has 1 heterocycles. The molecule has 1 aliphatic rings. The zero-order valence-corrected chi connectivity index (χ0v) is 9.16. The molecule has 82 valence electrons. The molecule has 0 spiro atoms. The third kappa shape index (κ3) is 2.57. The predicted molar refractivity (Wildman–Crippen MR) is 57.4 cm³/mol. The number of nitrogens with zero attached hydrogens (tertiary/aromatic N) is 2. The van der Waals surface area contributed by atoms with Crippen LogP contribution in [0.5, 0.6) is 0 Å². The molecule has 1 atom stereocenters. The minimum atomic E-state index is -0.970. The number of carbonyl (C=O) groups excluding carboxylic acids is 1. The van der Waals surface area contributed by atoms with Crippen molar-refractivity contribution in [2.24, 2.45) is 0 Å². The lowest BCUT2D eigenvalue weighted by Crippen LogP contribution is -2.47. The Morgan fingerprint density at radius 2 is 2.40 bits per heavy atom. The number of thioether (sulfide) groups is 1. The molecule has 0 saturated carbocycles. The molecule has 5 nitrogen and oxygen atoms in total. The summed E-state index contributed by atoms with van der Waals surface area (Å²) in [6, 6.07) is -1.06. The van der Waals surface area contributed by atoms with Gasteiger partial charge in [0.1, 0.15) is 6.04 Å². The summed E-state index contributed by atoms with van der Waals surface area (Å²) in [7, 11) is 1.56. The number of carboxylic acids is 1. The first-order valence-corrected chi connectivity index (χ1v) is 5.49. The summed E-state index contributed by atoms with van der Waals surface area (Å²) in [6.45, 7) is 0.187. The first-order chi connectivity index (χ1) is 7.07. The second-order valence-electron chi connectivity index (χ2n) is 3.17. The summed E-state index contributed by atoms with van der Waals surface area (Å²) in [5, 5.41) is 8.88. The van der Waals surface area contributed by atoms with Crippen LogP contribution in [0.4, 0.5) is 4.79 Å². The molecule has 0 bridgehead atoms. The first-order valence-electron chi connectivity index (χ1n) is 4.33. The number of hydrogen-bond acceptors (Lipinski definition) is 3. The van der Waals surface area contributed by atoms with E-state index in [2.05, 4.69) is 5.92 Å². The Bertz CT molecular complexity index is 313. The molecule has 0 unspecified atom stereocenters. The zero-order valence-electron chi connectivity index (χ0n) is 8.34. The monoisotopic (exact) mass is 228 g/mol. The molecule has 0 aromatic carbocycles. The molecule has 0 aromatic heterocycles. The molecule has 15 heavy (non-hydrogen) atoms. The van der Waals surface area contributed by atoms with E-state index in [1.807, 2.05) is 0 Å². The van der Waals surface area contributed by atoms with Crippen LogP contribution in [-0.4, -0.2) is 58.2 Å². The molecular formula is C9H12N2O3S. The SMILES string of the molecule is C#CCN(C)C(=O)N1CSC[C@H]1C(=O)O. The van der Waals surface area contributed by atoms with Crippen molar-refractivity contribution in [3.8, 4) is 12.3 Å². The molecule has 0 aromatic rings. The van der Waals surface area contributed by atoms with E-state index in [0.717, 1.165) is 0 Å². The lowest BCUT2D eigenvalue weighted by molar-refractivity contribution is -0.140. The number of rotatable bonds is 2. The molecule has 0 radical (unpaired) electrons. The van der Waals surface area contributed by atoms with E-state index < -0.39 is 12.0 Å². The van der Waals surface area contributed by atoms with Crippen molar-refractivity contribution in [3.05, 3.63) is 0 Å². The largest absolute Gasteiger partial charge is 0.480 e. The second-order valence-corrected chi connectivity index (χ2v) is 4.17. The second kappa shape index (κ2) is 4.94. The maximum absolute atomic E-state index is 11.7. The van der Waals surface area contributed by atoms with Gasteiger partial charge in [0.2, 0.25) is 0 Å². The van der Waals surface area contributed by atoms with Crippen molar-refractivity contribution in [2.75, 3.05) is 25.2 Å². The highest BCUT2D eigenvalue weighted by Gasteiger charge is 2.35. The van der Waals surface area contributed by atoms with Crippen LogP contribution in [0, 0.1) is 12.3 Å². The van der Waals surface area contributed by atoms with E-state index in [1.54, 1.807) is 7.05 Å². The fourth-order valence-electron chi connectivity index (χ4n) is 1.26. The van der Waals surface area contributed by atoms with Gasteiger partial charge in [0.05, 0.1) is 12.4 Å². The van der Waals surface area contributed by atoms with E-state index in [-0.39, 0.29) is 12.6 Å². The van der Waals surface area contributed by atoms with Gasteiger partial charge in [-0.05, 0) is 0 Å². The van der Waals surface area contributed by atoms with Gasteiger partial charge >= 0.3 is 12.0 Å². The Balaban J connectivity index is 2.67. The van der Waals surface area contributed by atoms with Crippen LogP contribution >= 0.6 is 11.8 Å². The molecule has 1 N–H and O–H groups in total. The van der Waals surface area contributed by atoms with Gasteiger partial charge in [0, 0.05) is 12.8 Å². The summed E-state index contributed by atoms with van der Waals surface area (Å²) in [6.07, 6.45) is 5.08. The number of carbonyl (C=O) groups is 2. The van der Waals surface area contributed by atoms with E-state index >= 15 is 0 Å². The topological polar surface area (TPSA) is 60.9 Å². The quantitative estimate of drug-likeness (QED) is 0.682. The van der Waals surface area contributed by atoms with Gasteiger partial charge in [-0.3, -0.25) is 0 Å². The van der Waals surface area contributed by atoms with E-state index in [4.69, 9.17) is 11.5 Å². The van der Waals surface area contributed by atoms with Gasteiger partial charge in [-0.2, -0.15) is 0 Å². The maximum Gasteiger partial charge on any atom is 0.327 e. The molecule has 1 fully saturated rings. The number of aliphatic carboxylic acids is 1. The molecule has 2 amide bonds. The van der Waals surface area contributed by atoms with Gasteiger partial charge in [-0.25, -0.2) is 9.59 Å². The zero-order chi connectivity index (χ0) is 11.4. The van der Waals surface area contributed by atoms with Crippen LogP contribution in [0.2, 0.25) is 0 Å². The standard InChI is InChI=1S/C9H12N2O3S/c1-3-4-10(2)9(14)11-6-15-5-7(11)8(12)13/h1,7H,4-6H2,2H3,(H,12,13)/t7-/m0/s1. The Hall–Kier alpha value is -1.35. The highest BCUT2D eigenvalue weighted by Crippen LogP contribution is 2.21. The molecule has 0 aliphatic carbocycles. The molecule has 1 aliphatic heterocycles. The summed E-state index contributed by atoms with van der Waals surface area (Å²) >= 11 is 1.43. The minimum Gasteiger partial charge on any atom is -0.480 e. The number of carboxylic acid groups (broad SMARTS) is 1. The lowest BCUT2D eigenvalue weighted by atomic mass is 10.3. The van der Waals surface area contributed by atoms with Gasteiger partial charge in [-0.15, -0.1) is 18.2 Å². The highest BCUT2D eigenvalue weighted by molar-refractivity contribution is 7.99. The fourth-order valence-corrected chi connectivity index (χ4v) is 2.40. The summed E-state index contributed by atoms with van der Waals surface area (Å²) in [4.78, 5) is 25.2. The third-order valence-corrected chi connectivity index (χ3v) is 3.08. The summed E-state index contributed by atoms with van der Waals surface area (Å²) in [5.74, 6) is 2.21. The Morgan fingerprint density at radius 1 is 1.73 bits per heavy atom. The first kappa shape index (κ1) is 11.7. The summed E-state index contributed by atoms with van der Waals surface area (Å²) in [5.41, 5.74) is 0. The molecular weight excluding hydrogens is 216 g/mol. The van der Waals surface area contributed by atoms with Crippen LogP contribution in [0.15, 0.2) is 0 Å². The van der Waals surface area contributed by atoms with Crippen molar-refractivity contribution in [1.29, 1.82) is 0 Å². The normalized spacial score (nSPS) is 19.7. The van der Waals surface area contributed by atoms with Crippen molar-refractivity contribution in [3.63, 3.8) is 0 Å². The van der Waals surface area contributed by atoms with Gasteiger partial charge in [-0.1, -0.05) is 5.92 Å². The van der Waals surface area contributed by atoms with Crippen LogP contribution in [0.25, 0.3) is 0 Å². The molecule has 6 heteroatoms. The maximum atomic E-state index is 11.7. The fraction of sp³-hybridized carbons (Fsp3) is 0.556.